The fourth-order valence-electron chi connectivity index (χ4n) is 3.37. The van der Waals surface area contributed by atoms with Gasteiger partial charge in [0.1, 0.15) is 11.8 Å². The maximum absolute atomic E-state index is 12.6. The second-order valence-corrected chi connectivity index (χ2v) is 8.03. The van der Waals surface area contributed by atoms with Crippen molar-refractivity contribution in [2.45, 2.75) is 26.2 Å². The summed E-state index contributed by atoms with van der Waals surface area (Å²) in [4.78, 5) is 32.4. The normalized spacial score (nSPS) is 15.1. The number of imidazole rings is 1. The van der Waals surface area contributed by atoms with Crippen molar-refractivity contribution in [3.05, 3.63) is 42.5 Å². The molecule has 8 nitrogen and oxygen atoms in total. The summed E-state index contributed by atoms with van der Waals surface area (Å²) in [6, 6.07) is 7.99. The molecule has 0 atom stereocenters. The number of aromatic nitrogens is 4. The maximum atomic E-state index is 12.6. The SMILES string of the molecule is CC(C)(C)c1ccc(NC(=O)N2CCN(c3ncnc4nc[nH]c34)CC2)cc1. The van der Waals surface area contributed by atoms with Crippen LogP contribution in [0.2, 0.25) is 0 Å². The van der Waals surface area contributed by atoms with Crippen LogP contribution in [-0.2, 0) is 5.41 Å². The molecule has 0 unspecified atom stereocenters. The molecule has 0 aliphatic carbocycles. The van der Waals surface area contributed by atoms with E-state index < -0.39 is 0 Å². The number of aromatic amines is 1. The zero-order valence-electron chi connectivity index (χ0n) is 16.4. The van der Waals surface area contributed by atoms with Crippen LogP contribution in [0.5, 0.6) is 0 Å². The lowest BCUT2D eigenvalue weighted by Crippen LogP contribution is -2.50. The first-order valence-electron chi connectivity index (χ1n) is 9.47. The second kappa shape index (κ2) is 7.10. The Balaban J connectivity index is 1.37. The first kappa shape index (κ1) is 18.2. The van der Waals surface area contributed by atoms with E-state index in [1.807, 2.05) is 17.0 Å². The fourth-order valence-corrected chi connectivity index (χ4v) is 3.37. The van der Waals surface area contributed by atoms with Crippen LogP contribution >= 0.6 is 0 Å². The summed E-state index contributed by atoms with van der Waals surface area (Å²) in [5, 5.41) is 3.00. The number of rotatable bonds is 2. The highest BCUT2D eigenvalue weighted by atomic mass is 16.2. The summed E-state index contributed by atoms with van der Waals surface area (Å²) < 4.78 is 0. The third kappa shape index (κ3) is 3.62. The molecule has 3 aromatic rings. The van der Waals surface area contributed by atoms with Gasteiger partial charge in [0.2, 0.25) is 0 Å². The zero-order chi connectivity index (χ0) is 19.7. The Kier molecular flexibility index (Phi) is 4.62. The van der Waals surface area contributed by atoms with Crippen LogP contribution in [0.3, 0.4) is 0 Å². The van der Waals surface area contributed by atoms with Crippen LogP contribution < -0.4 is 10.2 Å². The molecular formula is C20H25N7O. The number of carbonyl (C=O) groups is 1. The van der Waals surface area contributed by atoms with Gasteiger partial charge in [0.05, 0.1) is 6.33 Å². The average molecular weight is 379 g/mol. The van der Waals surface area contributed by atoms with Crippen LogP contribution in [0.1, 0.15) is 26.3 Å². The summed E-state index contributed by atoms with van der Waals surface area (Å²) in [6.07, 6.45) is 3.15. The van der Waals surface area contributed by atoms with Gasteiger partial charge in [-0.05, 0) is 23.1 Å². The van der Waals surface area contributed by atoms with Gasteiger partial charge in [-0.3, -0.25) is 0 Å². The lowest BCUT2D eigenvalue weighted by Gasteiger charge is -2.35. The van der Waals surface area contributed by atoms with Crippen LogP contribution in [0.15, 0.2) is 36.9 Å². The van der Waals surface area contributed by atoms with E-state index >= 15 is 0 Å². The summed E-state index contributed by atoms with van der Waals surface area (Å²) in [5.74, 6) is 0.834. The highest BCUT2D eigenvalue weighted by Gasteiger charge is 2.24. The van der Waals surface area contributed by atoms with Gasteiger partial charge in [0.25, 0.3) is 0 Å². The molecule has 146 valence electrons. The number of nitrogens with zero attached hydrogens (tertiary/aromatic N) is 5. The van der Waals surface area contributed by atoms with E-state index in [-0.39, 0.29) is 11.4 Å². The first-order chi connectivity index (χ1) is 13.4. The van der Waals surface area contributed by atoms with E-state index in [1.54, 1.807) is 6.33 Å². The van der Waals surface area contributed by atoms with E-state index in [0.717, 1.165) is 17.0 Å². The van der Waals surface area contributed by atoms with E-state index in [1.165, 1.54) is 11.9 Å². The van der Waals surface area contributed by atoms with E-state index in [4.69, 9.17) is 0 Å². The predicted octanol–water partition coefficient (Wildman–Crippen LogP) is 3.00. The zero-order valence-corrected chi connectivity index (χ0v) is 16.4. The van der Waals surface area contributed by atoms with Crippen molar-refractivity contribution in [1.82, 2.24) is 24.8 Å². The minimum atomic E-state index is -0.0717. The lowest BCUT2D eigenvalue weighted by atomic mass is 9.87. The molecule has 4 rings (SSSR count). The Hall–Kier alpha value is -3.16. The van der Waals surface area contributed by atoms with Crippen molar-refractivity contribution in [3.63, 3.8) is 0 Å². The topological polar surface area (TPSA) is 90.0 Å². The molecule has 1 fully saturated rings. The van der Waals surface area contributed by atoms with Crippen molar-refractivity contribution in [3.8, 4) is 0 Å². The molecule has 2 amide bonds. The highest BCUT2D eigenvalue weighted by molar-refractivity contribution is 5.89. The van der Waals surface area contributed by atoms with Crippen molar-refractivity contribution < 1.29 is 4.79 Å². The molecular weight excluding hydrogens is 354 g/mol. The molecule has 2 N–H and O–H groups in total. The number of urea groups is 1. The molecule has 0 radical (unpaired) electrons. The lowest BCUT2D eigenvalue weighted by molar-refractivity contribution is 0.208. The number of H-pyrrole nitrogens is 1. The first-order valence-corrected chi connectivity index (χ1v) is 9.47. The van der Waals surface area contributed by atoms with Gasteiger partial charge in [0, 0.05) is 31.9 Å². The number of carbonyl (C=O) groups excluding carboxylic acids is 1. The van der Waals surface area contributed by atoms with E-state index in [9.17, 15) is 4.79 Å². The third-order valence-corrected chi connectivity index (χ3v) is 5.07. The van der Waals surface area contributed by atoms with Crippen LogP contribution in [0.25, 0.3) is 11.2 Å². The monoisotopic (exact) mass is 379 g/mol. The minimum absolute atomic E-state index is 0.0717. The number of piperazine rings is 1. The van der Waals surface area contributed by atoms with E-state index in [0.29, 0.717) is 31.8 Å². The van der Waals surface area contributed by atoms with Gasteiger partial charge in [0.15, 0.2) is 11.5 Å². The van der Waals surface area contributed by atoms with Gasteiger partial charge >= 0.3 is 6.03 Å². The molecule has 8 heteroatoms. The van der Waals surface area contributed by atoms with Gasteiger partial charge < -0.3 is 20.1 Å². The minimum Gasteiger partial charge on any atom is -0.351 e. The van der Waals surface area contributed by atoms with Crippen molar-refractivity contribution in [2.24, 2.45) is 0 Å². The Bertz CT molecular complexity index is 966. The molecule has 1 aliphatic rings. The molecule has 0 spiro atoms. The largest absolute Gasteiger partial charge is 0.351 e. The number of hydrogen-bond acceptors (Lipinski definition) is 5. The van der Waals surface area contributed by atoms with Crippen LogP contribution in [0.4, 0.5) is 16.3 Å². The maximum Gasteiger partial charge on any atom is 0.321 e. The fraction of sp³-hybridized carbons (Fsp3) is 0.400. The summed E-state index contributed by atoms with van der Waals surface area (Å²) in [6.45, 7) is 9.21. The molecule has 1 aliphatic heterocycles. The Morgan fingerprint density at radius 1 is 1.04 bits per heavy atom. The Labute approximate surface area is 164 Å². The standard InChI is InChI=1S/C20H25N7O/c1-20(2,3)14-4-6-15(7-5-14)25-19(28)27-10-8-26(9-11-27)18-16-17(22-12-21-16)23-13-24-18/h4-7,12-13H,8-11H2,1-3H3,(H,25,28)(H,21,22,23,24). The Morgan fingerprint density at radius 3 is 2.43 bits per heavy atom. The van der Waals surface area contributed by atoms with Crippen LogP contribution in [-0.4, -0.2) is 57.0 Å². The van der Waals surface area contributed by atoms with Crippen molar-refractivity contribution in [2.75, 3.05) is 36.4 Å². The predicted molar refractivity (Wildman–Crippen MR) is 110 cm³/mol. The van der Waals surface area contributed by atoms with Gasteiger partial charge in [-0.2, -0.15) is 0 Å². The summed E-state index contributed by atoms with van der Waals surface area (Å²) >= 11 is 0. The summed E-state index contributed by atoms with van der Waals surface area (Å²) in [5.41, 5.74) is 3.65. The molecule has 0 bridgehead atoms. The number of hydrogen-bond donors (Lipinski definition) is 2. The van der Waals surface area contributed by atoms with Gasteiger partial charge in [-0.15, -0.1) is 0 Å². The average Bonchev–Trinajstić information content (AvgIpc) is 3.17. The number of nitrogens with one attached hydrogen (secondary N) is 2. The molecule has 28 heavy (non-hydrogen) atoms. The van der Waals surface area contributed by atoms with Gasteiger partial charge in [-0.1, -0.05) is 32.9 Å². The highest BCUT2D eigenvalue weighted by Crippen LogP contribution is 2.24. The Morgan fingerprint density at radius 2 is 1.75 bits per heavy atom. The quantitative estimate of drug-likeness (QED) is 0.714. The molecule has 3 heterocycles. The summed E-state index contributed by atoms with van der Waals surface area (Å²) in [7, 11) is 0. The molecule has 1 saturated heterocycles. The number of benzene rings is 1. The van der Waals surface area contributed by atoms with Crippen molar-refractivity contribution in [1.29, 1.82) is 0 Å². The van der Waals surface area contributed by atoms with Crippen LogP contribution in [0, 0.1) is 0 Å². The number of fused-ring (bicyclic) bond motifs is 1. The molecule has 0 saturated carbocycles. The third-order valence-electron chi connectivity index (χ3n) is 5.07. The van der Waals surface area contributed by atoms with E-state index in [2.05, 4.69) is 63.1 Å². The smallest absolute Gasteiger partial charge is 0.321 e. The number of anilines is 2. The molecule has 2 aromatic heterocycles. The van der Waals surface area contributed by atoms with Gasteiger partial charge in [-0.25, -0.2) is 19.7 Å². The van der Waals surface area contributed by atoms with Crippen molar-refractivity contribution >= 4 is 28.7 Å². The molecule has 1 aromatic carbocycles. The second-order valence-electron chi connectivity index (χ2n) is 8.03. The number of amides is 2.